The number of carbonyl (C=O) groups excluding carboxylic acids is 8. The molecule has 3 rings (SSSR count). The summed E-state index contributed by atoms with van der Waals surface area (Å²) in [7, 11) is 8.47. The number of carbonyl (C=O) groups is 9. The number of rotatable bonds is 32. The number of nitrogens with zero attached hydrogens (tertiary/aromatic N) is 4. The van der Waals surface area contributed by atoms with Gasteiger partial charge in [0.25, 0.3) is 5.91 Å². The lowest BCUT2D eigenvalue weighted by atomic mass is 9.89. The zero-order valence-electron chi connectivity index (χ0n) is 50.9. The number of methoxy groups -OCH3 is 2. The molecule has 22 heteroatoms. The third-order valence-electron chi connectivity index (χ3n) is 15.6. The number of hydroxylamine groups is 1. The summed E-state index contributed by atoms with van der Waals surface area (Å²) in [5.74, 6) is -4.88. The quantitative estimate of drug-likeness (QED) is 0.0428. The van der Waals surface area contributed by atoms with Gasteiger partial charge in [-0.1, -0.05) is 86.9 Å². The summed E-state index contributed by atoms with van der Waals surface area (Å²) in [6.07, 6.45) is 4.64. The molecule has 2 saturated heterocycles. The minimum Gasteiger partial charge on any atom is -0.481 e. The lowest BCUT2D eigenvalue weighted by Crippen LogP contribution is -2.59. The third-order valence-corrected chi connectivity index (χ3v) is 15.6. The average molecular weight is 1140 g/mol. The Balaban J connectivity index is 1.56. The first kappa shape index (κ1) is 69.3. The first-order valence-electron chi connectivity index (χ1n) is 28.8. The molecule has 0 aromatic heterocycles. The average Bonchev–Trinajstić information content (AvgIpc) is 3.93. The lowest BCUT2D eigenvalue weighted by molar-refractivity contribution is -0.148. The third kappa shape index (κ3) is 21.4. The van der Waals surface area contributed by atoms with Crippen molar-refractivity contribution >= 4 is 58.9 Å². The molecule has 8 amide bonds. The predicted octanol–water partition coefficient (Wildman–Crippen LogP) is 4.52. The van der Waals surface area contributed by atoms with Crippen LogP contribution in [0, 0.1) is 35.5 Å². The van der Waals surface area contributed by atoms with Crippen LogP contribution in [0.1, 0.15) is 133 Å². The van der Waals surface area contributed by atoms with Gasteiger partial charge in [0, 0.05) is 71.5 Å². The first-order chi connectivity index (χ1) is 38.1. The maximum atomic E-state index is 14.4. The highest BCUT2D eigenvalue weighted by molar-refractivity contribution is 5.97. The van der Waals surface area contributed by atoms with Crippen LogP contribution in [0.5, 0.6) is 0 Å². The molecule has 22 nitrogen and oxygen atoms in total. The van der Waals surface area contributed by atoms with Crippen LogP contribution >= 0.6 is 0 Å². The van der Waals surface area contributed by atoms with Crippen LogP contribution in [0.2, 0.25) is 0 Å². The molecule has 2 aliphatic rings. The van der Waals surface area contributed by atoms with E-state index in [1.54, 1.807) is 66.1 Å². The highest BCUT2D eigenvalue weighted by Gasteiger charge is 2.43. The standard InChI is InChI=1S/C59H97N9O13/c1-16-38(8)53(66(13)58(76)51(36(4)5)63-57(75)52(37(6)7)65(11)12)46(79-14)33-50(72)68-29-17-18-45(68)54(80-15)39(9)55(73)62-44(32-35(2)3)23-24-48(70)64-81-34-41-19-21-43(22-20-41)61-56(74)40(10)60-47(69)25-26-49(71)67-30-27-42(28-31-67)59(77)78/h19-24,35-40,42,44-46,51-54H,16-18,25-34H2,1-15H3,(H,60,69)(H,61,74)(H,62,73)(H,63,75)(H,64,70)(H,77,78)/b24-23+/t38-,39+,40+,44+,45-,46+,51-,52-,53-,54+/m0/s1. The fourth-order valence-corrected chi connectivity index (χ4v) is 10.9. The number of ether oxygens (including phenoxy) is 2. The van der Waals surface area contributed by atoms with Crippen LogP contribution in [0.25, 0.3) is 0 Å². The van der Waals surface area contributed by atoms with Crippen LogP contribution in [0.3, 0.4) is 0 Å². The van der Waals surface area contributed by atoms with Crippen molar-refractivity contribution in [2.24, 2.45) is 35.5 Å². The molecular weight excluding hydrogens is 1040 g/mol. The van der Waals surface area contributed by atoms with Crippen LogP contribution in [0.4, 0.5) is 5.69 Å². The fraction of sp³-hybridized carbons (Fsp3) is 0.712. The number of carboxylic acids is 1. The van der Waals surface area contributed by atoms with Gasteiger partial charge in [-0.15, -0.1) is 0 Å². The Labute approximate surface area is 480 Å². The number of likely N-dealkylation sites (N-methyl/N-ethyl adjacent to an activating group) is 2. The van der Waals surface area contributed by atoms with Crippen LogP contribution in [-0.2, 0) is 64.1 Å². The Kier molecular flexibility index (Phi) is 28.9. The van der Waals surface area contributed by atoms with Gasteiger partial charge in [-0.3, -0.25) is 52.9 Å². The topological polar surface area (TPSA) is 275 Å². The van der Waals surface area contributed by atoms with Gasteiger partial charge < -0.3 is 50.5 Å². The van der Waals surface area contributed by atoms with Gasteiger partial charge in [0.15, 0.2) is 0 Å². The molecule has 1 aromatic carbocycles. The van der Waals surface area contributed by atoms with E-state index in [0.717, 1.165) is 0 Å². The van der Waals surface area contributed by atoms with Crippen molar-refractivity contribution in [2.45, 2.75) is 182 Å². The van der Waals surface area contributed by atoms with E-state index >= 15 is 0 Å². The molecule has 10 atom stereocenters. The van der Waals surface area contributed by atoms with E-state index in [4.69, 9.17) is 14.3 Å². The van der Waals surface area contributed by atoms with Crippen molar-refractivity contribution in [1.29, 1.82) is 0 Å². The number of amides is 8. The summed E-state index contributed by atoms with van der Waals surface area (Å²) in [6, 6.07) is 3.10. The van der Waals surface area contributed by atoms with Gasteiger partial charge in [-0.05, 0) is 94.5 Å². The van der Waals surface area contributed by atoms with E-state index in [2.05, 4.69) is 26.7 Å². The molecule has 0 unspecified atom stereocenters. The Morgan fingerprint density at radius 2 is 1.41 bits per heavy atom. The van der Waals surface area contributed by atoms with E-state index in [0.29, 0.717) is 69.4 Å². The lowest BCUT2D eigenvalue weighted by Gasteiger charge is -2.41. The Bertz CT molecular complexity index is 2260. The first-order valence-corrected chi connectivity index (χ1v) is 28.8. The van der Waals surface area contributed by atoms with Crippen molar-refractivity contribution in [3.8, 4) is 0 Å². The molecule has 0 bridgehead atoms. The summed E-state index contributed by atoms with van der Waals surface area (Å²) < 4.78 is 12.1. The smallest absolute Gasteiger partial charge is 0.306 e. The SMILES string of the molecule is CC[C@H](C)[C@@H]([C@@H](CC(=O)N1CCC[C@H]1[C@H](OC)[C@@H](C)C(=O)N[C@H](/C=C/C(=O)NOCc1ccc(NC(=O)[C@@H](C)NC(=O)CCC(=O)N2CCC(C(=O)O)CC2)cc1)CC(C)C)OC)N(C)C(=O)[C@@H](NC(=O)[C@H](C(C)C)N(C)C)C(C)C. The number of carboxylic acid groups (broad SMARTS) is 1. The minimum atomic E-state index is -0.895. The Morgan fingerprint density at radius 3 is 1.95 bits per heavy atom. The summed E-state index contributed by atoms with van der Waals surface area (Å²) >= 11 is 0. The Hall–Kier alpha value is -5.97. The molecule has 6 N–H and O–H groups in total. The molecule has 81 heavy (non-hydrogen) atoms. The molecule has 0 saturated carbocycles. The van der Waals surface area contributed by atoms with E-state index < -0.39 is 84.0 Å². The van der Waals surface area contributed by atoms with Crippen LogP contribution < -0.4 is 26.7 Å². The number of aliphatic carboxylic acids is 1. The summed E-state index contributed by atoms with van der Waals surface area (Å²) in [4.78, 5) is 131. The van der Waals surface area contributed by atoms with E-state index in [1.807, 2.05) is 74.4 Å². The maximum absolute atomic E-state index is 14.4. The van der Waals surface area contributed by atoms with Gasteiger partial charge >= 0.3 is 5.97 Å². The monoisotopic (exact) mass is 1140 g/mol. The maximum Gasteiger partial charge on any atom is 0.306 e. The van der Waals surface area contributed by atoms with Gasteiger partial charge in [0.05, 0.1) is 55.2 Å². The number of anilines is 1. The summed E-state index contributed by atoms with van der Waals surface area (Å²) in [5.41, 5.74) is 3.53. The highest BCUT2D eigenvalue weighted by atomic mass is 16.6. The number of piperidine rings is 1. The number of hydrogen-bond donors (Lipinski definition) is 6. The second kappa shape index (κ2) is 33.8. The van der Waals surface area contributed by atoms with E-state index in [1.165, 1.54) is 20.1 Å². The normalized spacial score (nSPS) is 18.4. The summed E-state index contributed by atoms with van der Waals surface area (Å²) in [5, 5.41) is 20.6. The second-order valence-corrected chi connectivity index (χ2v) is 23.3. The molecule has 2 heterocycles. The van der Waals surface area contributed by atoms with Gasteiger partial charge in [0.1, 0.15) is 12.1 Å². The molecule has 1 aromatic rings. The second-order valence-electron chi connectivity index (χ2n) is 23.3. The number of likely N-dealkylation sites (tertiary alicyclic amines) is 2. The van der Waals surface area contributed by atoms with E-state index in [9.17, 15) is 48.3 Å². The molecule has 2 aliphatic heterocycles. The molecule has 0 radical (unpaired) electrons. The minimum absolute atomic E-state index is 0.00325. The molecule has 456 valence electrons. The van der Waals surface area contributed by atoms with Crippen LogP contribution in [-0.4, -0.2) is 181 Å². The van der Waals surface area contributed by atoms with Crippen molar-refractivity contribution < 1.29 is 62.6 Å². The largest absolute Gasteiger partial charge is 0.481 e. The zero-order valence-corrected chi connectivity index (χ0v) is 50.9. The van der Waals surface area contributed by atoms with Crippen molar-refractivity contribution in [1.82, 2.24) is 41.0 Å². The number of nitrogens with one attached hydrogen (secondary N) is 5. The van der Waals surface area contributed by atoms with E-state index in [-0.39, 0.29) is 79.1 Å². The number of hydrogen-bond acceptors (Lipinski definition) is 13. The number of benzene rings is 1. The summed E-state index contributed by atoms with van der Waals surface area (Å²) in [6.45, 7) is 20.2. The van der Waals surface area contributed by atoms with Gasteiger partial charge in [-0.2, -0.15) is 0 Å². The molecule has 0 aliphatic carbocycles. The zero-order chi connectivity index (χ0) is 60.8. The van der Waals surface area contributed by atoms with Gasteiger partial charge in [-0.25, -0.2) is 5.48 Å². The molecular formula is C59H97N9O13. The fourth-order valence-electron chi connectivity index (χ4n) is 10.9. The predicted molar refractivity (Wildman–Crippen MR) is 308 cm³/mol. The molecule has 2 fully saturated rings. The van der Waals surface area contributed by atoms with Gasteiger partial charge in [0.2, 0.25) is 41.4 Å². The van der Waals surface area contributed by atoms with Crippen LogP contribution in [0.15, 0.2) is 36.4 Å². The van der Waals surface area contributed by atoms with Crippen molar-refractivity contribution in [3.63, 3.8) is 0 Å². The highest BCUT2D eigenvalue weighted by Crippen LogP contribution is 2.30. The van der Waals surface area contributed by atoms with Crippen molar-refractivity contribution in [3.05, 3.63) is 42.0 Å². The molecule has 0 spiro atoms. The Morgan fingerprint density at radius 1 is 0.765 bits per heavy atom. The van der Waals surface area contributed by atoms with Crippen molar-refractivity contribution in [2.75, 3.05) is 60.3 Å².